The second-order valence-corrected chi connectivity index (χ2v) is 6.83. The van der Waals surface area contributed by atoms with Gasteiger partial charge in [0.15, 0.2) is 11.6 Å². The number of benzene rings is 2. The van der Waals surface area contributed by atoms with Crippen LogP contribution in [0.15, 0.2) is 73.1 Å². The number of methoxy groups -OCH3 is 1. The number of esters is 1. The van der Waals surface area contributed by atoms with E-state index in [1.807, 2.05) is 36.4 Å². The van der Waals surface area contributed by atoms with Crippen molar-refractivity contribution in [1.29, 1.82) is 0 Å². The van der Waals surface area contributed by atoms with Gasteiger partial charge in [-0.15, -0.1) is 0 Å². The second kappa shape index (κ2) is 9.13. The Labute approximate surface area is 184 Å². The van der Waals surface area contributed by atoms with E-state index in [-0.39, 0.29) is 11.5 Å². The lowest BCUT2D eigenvalue weighted by molar-refractivity contribution is -0.114. The number of anilines is 1. The van der Waals surface area contributed by atoms with Gasteiger partial charge in [-0.05, 0) is 24.3 Å². The van der Waals surface area contributed by atoms with Crippen LogP contribution in [0.2, 0.25) is 0 Å². The van der Waals surface area contributed by atoms with Crippen molar-refractivity contribution >= 4 is 17.6 Å². The van der Waals surface area contributed by atoms with E-state index in [4.69, 9.17) is 4.74 Å². The van der Waals surface area contributed by atoms with E-state index in [9.17, 15) is 9.59 Å². The third-order valence-corrected chi connectivity index (χ3v) is 4.59. The first-order chi connectivity index (χ1) is 15.5. The van der Waals surface area contributed by atoms with Gasteiger partial charge in [-0.3, -0.25) is 4.79 Å². The van der Waals surface area contributed by atoms with Crippen LogP contribution < -0.4 is 5.32 Å². The maximum Gasteiger partial charge on any atom is 0.339 e. The quantitative estimate of drug-likeness (QED) is 0.481. The lowest BCUT2D eigenvalue weighted by atomic mass is 10.0. The summed E-state index contributed by atoms with van der Waals surface area (Å²) in [5.41, 5.74) is 3.38. The summed E-state index contributed by atoms with van der Waals surface area (Å²) in [5.74, 6) is -0.124. The molecular weight excluding hydrogens is 406 g/mol. The smallest absolute Gasteiger partial charge is 0.339 e. The molecule has 0 aliphatic heterocycles. The summed E-state index contributed by atoms with van der Waals surface area (Å²) >= 11 is 0. The minimum atomic E-state index is -0.570. The van der Waals surface area contributed by atoms with Gasteiger partial charge in [0.2, 0.25) is 5.91 Å². The van der Waals surface area contributed by atoms with E-state index >= 15 is 0 Å². The zero-order valence-corrected chi connectivity index (χ0v) is 17.4. The van der Waals surface area contributed by atoms with Gasteiger partial charge < -0.3 is 10.1 Å². The Hall–Kier alpha value is -4.46. The summed E-state index contributed by atoms with van der Waals surface area (Å²) < 4.78 is 4.89. The predicted molar refractivity (Wildman–Crippen MR) is 120 cm³/mol. The number of amides is 1. The summed E-state index contributed by atoms with van der Waals surface area (Å²) in [5, 5.41) is 2.65. The molecule has 8 nitrogen and oxygen atoms in total. The first kappa shape index (κ1) is 20.8. The highest BCUT2D eigenvalue weighted by Crippen LogP contribution is 2.29. The lowest BCUT2D eigenvalue weighted by Crippen LogP contribution is -2.12. The van der Waals surface area contributed by atoms with E-state index < -0.39 is 5.97 Å². The molecule has 2 heterocycles. The molecule has 0 radical (unpaired) electrons. The van der Waals surface area contributed by atoms with E-state index in [0.29, 0.717) is 34.3 Å². The van der Waals surface area contributed by atoms with Gasteiger partial charge >= 0.3 is 5.97 Å². The fraction of sp³-hybridized carbons (Fsp3) is 0.0833. The zero-order valence-electron chi connectivity index (χ0n) is 17.4. The summed E-state index contributed by atoms with van der Waals surface area (Å²) in [6.07, 6.45) is 3.25. The molecule has 0 atom stereocenters. The van der Waals surface area contributed by atoms with E-state index in [1.165, 1.54) is 14.0 Å². The molecule has 0 bridgehead atoms. The molecule has 1 N–H and O–H groups in total. The van der Waals surface area contributed by atoms with Gasteiger partial charge in [-0.1, -0.05) is 36.4 Å². The molecule has 0 spiro atoms. The van der Waals surface area contributed by atoms with Crippen molar-refractivity contribution in [2.75, 3.05) is 12.4 Å². The number of nitrogens with zero attached hydrogens (tertiary/aromatic N) is 4. The van der Waals surface area contributed by atoms with Crippen molar-refractivity contribution in [3.8, 4) is 34.2 Å². The van der Waals surface area contributed by atoms with Gasteiger partial charge in [0.1, 0.15) is 0 Å². The van der Waals surface area contributed by atoms with Crippen LogP contribution in [0.3, 0.4) is 0 Å². The number of nitrogens with one attached hydrogen (secondary N) is 1. The molecule has 32 heavy (non-hydrogen) atoms. The fourth-order valence-electron chi connectivity index (χ4n) is 3.15. The highest BCUT2D eigenvalue weighted by molar-refractivity contribution is 6.01. The molecule has 0 aliphatic carbocycles. The van der Waals surface area contributed by atoms with Crippen molar-refractivity contribution in [2.45, 2.75) is 6.92 Å². The summed E-state index contributed by atoms with van der Waals surface area (Å²) in [7, 11) is 1.29. The Morgan fingerprint density at radius 3 is 2.16 bits per heavy atom. The highest BCUT2D eigenvalue weighted by atomic mass is 16.5. The number of carbonyl (C=O) groups is 2. The molecule has 4 rings (SSSR count). The number of aromatic nitrogens is 4. The Bertz CT molecular complexity index is 1220. The van der Waals surface area contributed by atoms with Crippen LogP contribution in [0.1, 0.15) is 17.3 Å². The Morgan fingerprint density at radius 2 is 1.50 bits per heavy atom. The molecule has 4 aromatic rings. The Balaban J connectivity index is 1.89. The van der Waals surface area contributed by atoms with Crippen LogP contribution in [-0.4, -0.2) is 38.9 Å². The largest absolute Gasteiger partial charge is 0.465 e. The van der Waals surface area contributed by atoms with Crippen LogP contribution in [0.25, 0.3) is 34.2 Å². The summed E-state index contributed by atoms with van der Waals surface area (Å²) in [6.45, 7) is 1.37. The van der Waals surface area contributed by atoms with Crippen LogP contribution in [-0.2, 0) is 9.53 Å². The van der Waals surface area contributed by atoms with Gasteiger partial charge in [0.05, 0.1) is 29.7 Å². The standard InChI is InChI=1S/C24H19N5O3/c1-15(30)27-19-10-9-17(13-18(19)24(31)32-2)21-14-20(16-7-4-3-5-8-16)28-23(29-21)22-25-11-6-12-26-22/h3-14H,1-2H3,(H,27,30). The van der Waals surface area contributed by atoms with Crippen molar-refractivity contribution in [3.63, 3.8) is 0 Å². The fourth-order valence-corrected chi connectivity index (χ4v) is 3.15. The topological polar surface area (TPSA) is 107 Å². The highest BCUT2D eigenvalue weighted by Gasteiger charge is 2.17. The van der Waals surface area contributed by atoms with Crippen LogP contribution >= 0.6 is 0 Å². The molecule has 0 saturated carbocycles. The van der Waals surface area contributed by atoms with Crippen LogP contribution in [0, 0.1) is 0 Å². The first-order valence-corrected chi connectivity index (χ1v) is 9.77. The van der Waals surface area contributed by atoms with Crippen molar-refractivity contribution in [3.05, 3.63) is 78.6 Å². The molecule has 2 aromatic carbocycles. The number of rotatable bonds is 5. The Morgan fingerprint density at radius 1 is 0.812 bits per heavy atom. The van der Waals surface area contributed by atoms with E-state index in [0.717, 1.165) is 5.56 Å². The number of hydrogen-bond donors (Lipinski definition) is 1. The molecule has 1 amide bonds. The molecule has 2 aromatic heterocycles. The van der Waals surface area contributed by atoms with Gasteiger partial charge in [-0.25, -0.2) is 24.7 Å². The number of ether oxygens (including phenoxy) is 1. The molecule has 158 valence electrons. The van der Waals surface area contributed by atoms with Crippen molar-refractivity contribution in [1.82, 2.24) is 19.9 Å². The normalized spacial score (nSPS) is 10.4. The van der Waals surface area contributed by atoms with Gasteiger partial charge in [0.25, 0.3) is 0 Å². The third-order valence-electron chi connectivity index (χ3n) is 4.59. The maximum absolute atomic E-state index is 12.3. The summed E-state index contributed by atoms with van der Waals surface area (Å²) in [4.78, 5) is 41.7. The monoisotopic (exact) mass is 425 g/mol. The first-order valence-electron chi connectivity index (χ1n) is 9.77. The van der Waals surface area contributed by atoms with Crippen LogP contribution in [0.4, 0.5) is 5.69 Å². The zero-order chi connectivity index (χ0) is 22.5. The van der Waals surface area contributed by atoms with Gasteiger partial charge in [-0.2, -0.15) is 0 Å². The molecular formula is C24H19N5O3. The summed E-state index contributed by atoms with van der Waals surface area (Å²) in [6, 6.07) is 18.3. The minimum Gasteiger partial charge on any atom is -0.465 e. The average Bonchev–Trinajstić information content (AvgIpc) is 2.84. The van der Waals surface area contributed by atoms with E-state index in [1.54, 1.807) is 36.7 Å². The van der Waals surface area contributed by atoms with Crippen LogP contribution in [0.5, 0.6) is 0 Å². The average molecular weight is 425 g/mol. The third kappa shape index (κ3) is 4.49. The molecule has 0 unspecified atom stereocenters. The molecule has 0 saturated heterocycles. The second-order valence-electron chi connectivity index (χ2n) is 6.83. The number of hydrogen-bond acceptors (Lipinski definition) is 7. The Kier molecular flexibility index (Phi) is 5.94. The predicted octanol–water partition coefficient (Wildman–Crippen LogP) is 4.01. The number of carbonyl (C=O) groups excluding carboxylic acids is 2. The molecule has 8 heteroatoms. The van der Waals surface area contributed by atoms with Crippen molar-refractivity contribution < 1.29 is 14.3 Å². The van der Waals surface area contributed by atoms with E-state index in [2.05, 4.69) is 25.3 Å². The SMILES string of the molecule is COC(=O)c1cc(-c2cc(-c3ccccc3)nc(-c3ncccn3)n2)ccc1NC(C)=O. The minimum absolute atomic E-state index is 0.220. The van der Waals surface area contributed by atoms with Crippen molar-refractivity contribution in [2.24, 2.45) is 0 Å². The lowest BCUT2D eigenvalue weighted by Gasteiger charge is -2.12. The molecule has 0 fully saturated rings. The van der Waals surface area contributed by atoms with Gasteiger partial charge in [0, 0.05) is 30.4 Å². The maximum atomic E-state index is 12.3. The molecule has 0 aliphatic rings.